The first-order valence-electron chi connectivity index (χ1n) is 9.19. The number of hydrogen-bond acceptors (Lipinski definition) is 6. The molecule has 0 bridgehead atoms. The molecule has 8 heteroatoms. The van der Waals surface area contributed by atoms with Crippen LogP contribution in [0.15, 0.2) is 65.6 Å². The number of nitrogens with zero attached hydrogens (tertiary/aromatic N) is 1. The summed E-state index contributed by atoms with van der Waals surface area (Å²) in [5.74, 6) is -0.801. The van der Waals surface area contributed by atoms with Crippen molar-refractivity contribution in [2.75, 3.05) is 19.1 Å². The molecule has 2 N–H and O–H groups in total. The van der Waals surface area contributed by atoms with Gasteiger partial charge in [-0.05, 0) is 53.3 Å². The number of esters is 1. The number of ether oxygens (including phenoxy) is 1. The molecule has 0 aliphatic carbocycles. The Hall–Kier alpha value is -3.10. The number of nitrogens with one attached hydrogen (secondary N) is 2. The second-order valence-electron chi connectivity index (χ2n) is 6.71. The minimum atomic E-state index is -0.451. The number of thioether (sulfide) groups is 1. The Balaban J connectivity index is 1.42. The van der Waals surface area contributed by atoms with Gasteiger partial charge in [0.1, 0.15) is 0 Å². The highest BCUT2D eigenvalue weighted by Crippen LogP contribution is 2.45. The largest absolute Gasteiger partial charge is 0.465 e. The van der Waals surface area contributed by atoms with Crippen molar-refractivity contribution < 1.29 is 14.3 Å². The maximum absolute atomic E-state index is 12.5. The number of fused-ring (bicyclic) bond motifs is 3. The summed E-state index contributed by atoms with van der Waals surface area (Å²) in [6, 6.07) is 18.6. The molecule has 30 heavy (non-hydrogen) atoms. The number of rotatable bonds is 3. The van der Waals surface area contributed by atoms with Crippen LogP contribution in [0, 0.1) is 0 Å². The zero-order valence-electron chi connectivity index (χ0n) is 16.3. The van der Waals surface area contributed by atoms with Gasteiger partial charge in [-0.15, -0.1) is 0 Å². The molecule has 1 amide bonds. The molecule has 0 radical (unpaired) electrons. The van der Waals surface area contributed by atoms with Gasteiger partial charge in [-0.2, -0.15) is 0 Å². The zero-order chi connectivity index (χ0) is 21.3. The lowest BCUT2D eigenvalue weighted by Gasteiger charge is -2.23. The van der Waals surface area contributed by atoms with Crippen molar-refractivity contribution in [1.82, 2.24) is 10.6 Å². The van der Waals surface area contributed by atoms with Gasteiger partial charge in [0.05, 0.1) is 18.4 Å². The van der Waals surface area contributed by atoms with Crippen molar-refractivity contribution >= 4 is 57.4 Å². The molecule has 0 saturated carbocycles. The first-order valence-corrected chi connectivity index (χ1v) is 10.5. The van der Waals surface area contributed by atoms with Crippen LogP contribution in [0.4, 0.5) is 5.69 Å². The molecule has 3 aromatic carbocycles. The van der Waals surface area contributed by atoms with Gasteiger partial charge in [-0.1, -0.05) is 42.1 Å². The Morgan fingerprint density at radius 2 is 1.73 bits per heavy atom. The summed E-state index contributed by atoms with van der Waals surface area (Å²) in [6.45, 7) is 0. The second kappa shape index (κ2) is 8.33. The van der Waals surface area contributed by atoms with Crippen molar-refractivity contribution in [3.05, 3.63) is 71.8 Å². The van der Waals surface area contributed by atoms with Crippen LogP contribution in [0.25, 0.3) is 10.8 Å². The number of hydrogen-bond donors (Lipinski definition) is 2. The monoisotopic (exact) mass is 437 g/mol. The lowest BCUT2D eigenvalue weighted by molar-refractivity contribution is 0.0600. The highest BCUT2D eigenvalue weighted by Gasteiger charge is 2.29. The van der Waals surface area contributed by atoms with E-state index in [4.69, 9.17) is 12.2 Å². The van der Waals surface area contributed by atoms with Crippen molar-refractivity contribution in [3.63, 3.8) is 0 Å². The molecule has 152 valence electrons. The van der Waals surface area contributed by atoms with Crippen molar-refractivity contribution in [1.29, 1.82) is 0 Å². The fourth-order valence-corrected chi connectivity index (χ4v) is 4.87. The molecular formula is C22H19N3O3S2. The zero-order valence-corrected chi connectivity index (χ0v) is 18.0. The third-order valence-electron chi connectivity index (χ3n) is 4.87. The molecule has 1 heterocycles. The summed E-state index contributed by atoms with van der Waals surface area (Å²) in [4.78, 5) is 27.3. The van der Waals surface area contributed by atoms with Gasteiger partial charge in [0, 0.05) is 17.5 Å². The van der Waals surface area contributed by atoms with Gasteiger partial charge in [0.2, 0.25) is 0 Å². The maximum atomic E-state index is 12.5. The molecule has 1 aliphatic heterocycles. The average molecular weight is 438 g/mol. The van der Waals surface area contributed by atoms with E-state index in [1.807, 2.05) is 19.2 Å². The normalized spacial score (nSPS) is 14.9. The Bertz CT molecular complexity index is 1150. The van der Waals surface area contributed by atoms with E-state index in [0.717, 1.165) is 5.69 Å². The van der Waals surface area contributed by atoms with Crippen molar-refractivity contribution in [3.8, 4) is 0 Å². The molecule has 0 fully saturated rings. The molecular weight excluding hydrogens is 418 g/mol. The highest BCUT2D eigenvalue weighted by atomic mass is 32.2. The third kappa shape index (κ3) is 3.83. The van der Waals surface area contributed by atoms with Crippen molar-refractivity contribution in [2.24, 2.45) is 0 Å². The summed E-state index contributed by atoms with van der Waals surface area (Å²) >= 11 is 7.01. The van der Waals surface area contributed by atoms with Crippen LogP contribution in [0.5, 0.6) is 0 Å². The minimum Gasteiger partial charge on any atom is -0.465 e. The SMILES string of the molecule is COC(=O)c1ccc(C(=O)NC(=S)NC2Sc3c(ccc4ccccc34)N2C)cc1. The van der Waals surface area contributed by atoms with Gasteiger partial charge < -0.3 is 15.0 Å². The van der Waals surface area contributed by atoms with E-state index in [-0.39, 0.29) is 16.5 Å². The van der Waals surface area contributed by atoms with E-state index in [1.165, 1.54) is 22.8 Å². The number of anilines is 1. The van der Waals surface area contributed by atoms with Crippen LogP contribution in [0.1, 0.15) is 20.7 Å². The van der Waals surface area contributed by atoms with Crippen molar-refractivity contribution in [2.45, 2.75) is 10.4 Å². The van der Waals surface area contributed by atoms with Crippen LogP contribution in [0.3, 0.4) is 0 Å². The molecule has 0 spiro atoms. The quantitative estimate of drug-likeness (QED) is 0.478. The number of amides is 1. The van der Waals surface area contributed by atoms with E-state index in [9.17, 15) is 9.59 Å². The predicted octanol–water partition coefficient (Wildman–Crippen LogP) is 3.76. The van der Waals surface area contributed by atoms with Gasteiger partial charge in [-0.25, -0.2) is 4.79 Å². The van der Waals surface area contributed by atoms with Gasteiger partial charge in [0.15, 0.2) is 10.6 Å². The number of carbonyl (C=O) groups excluding carboxylic acids is 2. The Kier molecular flexibility index (Phi) is 5.61. The molecule has 6 nitrogen and oxygen atoms in total. The maximum Gasteiger partial charge on any atom is 0.337 e. The lowest BCUT2D eigenvalue weighted by atomic mass is 10.1. The number of thiocarbonyl (C=S) groups is 1. The lowest BCUT2D eigenvalue weighted by Crippen LogP contribution is -2.48. The average Bonchev–Trinajstić information content (AvgIpc) is 3.08. The molecule has 0 saturated heterocycles. The number of carbonyl (C=O) groups is 2. The van der Waals surface area contributed by atoms with Gasteiger partial charge in [0.25, 0.3) is 5.91 Å². The van der Waals surface area contributed by atoms with Crippen LogP contribution < -0.4 is 15.5 Å². The molecule has 4 rings (SSSR count). The van der Waals surface area contributed by atoms with E-state index >= 15 is 0 Å². The first-order chi connectivity index (χ1) is 14.5. The molecule has 1 unspecified atom stereocenters. The molecule has 1 atom stereocenters. The number of methoxy groups -OCH3 is 1. The summed E-state index contributed by atoms with van der Waals surface area (Å²) in [5, 5.41) is 8.50. The van der Waals surface area contributed by atoms with Gasteiger partial charge >= 0.3 is 5.97 Å². The third-order valence-corrected chi connectivity index (χ3v) is 6.41. The second-order valence-corrected chi connectivity index (χ2v) is 8.21. The highest BCUT2D eigenvalue weighted by molar-refractivity contribution is 8.00. The van der Waals surface area contributed by atoms with Crippen LogP contribution in [0.2, 0.25) is 0 Å². The molecule has 3 aromatic rings. The fourth-order valence-electron chi connectivity index (χ4n) is 3.28. The van der Waals surface area contributed by atoms with E-state index < -0.39 is 5.97 Å². The Morgan fingerprint density at radius 1 is 1.03 bits per heavy atom. The Labute approximate surface area is 183 Å². The fraction of sp³-hybridized carbons (Fsp3) is 0.136. The van der Waals surface area contributed by atoms with Crippen LogP contribution >= 0.6 is 24.0 Å². The standard InChI is InChI=1S/C22H19N3O3S2/c1-25-17-12-11-13-5-3-4-6-16(13)18(17)30-22(25)24-21(29)23-19(26)14-7-9-15(10-8-14)20(27)28-2/h3-12,22H,1-2H3,(H2,23,24,26,29). The first kappa shape index (κ1) is 20.2. The summed E-state index contributed by atoms with van der Waals surface area (Å²) in [6.07, 6.45) is 0. The molecule has 1 aliphatic rings. The molecule has 0 aromatic heterocycles. The predicted molar refractivity (Wildman–Crippen MR) is 123 cm³/mol. The van der Waals surface area contributed by atoms with E-state index in [0.29, 0.717) is 11.1 Å². The van der Waals surface area contributed by atoms with E-state index in [1.54, 1.807) is 36.0 Å². The van der Waals surface area contributed by atoms with Crippen LogP contribution in [-0.2, 0) is 4.74 Å². The van der Waals surface area contributed by atoms with Crippen LogP contribution in [-0.4, -0.2) is 36.6 Å². The smallest absolute Gasteiger partial charge is 0.337 e. The minimum absolute atomic E-state index is 0.139. The summed E-state index contributed by atoms with van der Waals surface area (Å²) in [5.41, 5.74) is 1.75. The topological polar surface area (TPSA) is 70.7 Å². The summed E-state index contributed by atoms with van der Waals surface area (Å²) < 4.78 is 4.66. The number of benzene rings is 3. The van der Waals surface area contributed by atoms with Gasteiger partial charge in [-0.3, -0.25) is 10.1 Å². The Morgan fingerprint density at radius 3 is 2.47 bits per heavy atom. The summed E-state index contributed by atoms with van der Waals surface area (Å²) in [7, 11) is 3.30. The van der Waals surface area contributed by atoms with E-state index in [2.05, 4.69) is 44.5 Å².